The molecule has 9 atom stereocenters. The monoisotopic (exact) mass is 460 g/mol. The molecule has 0 amide bonds. The van der Waals surface area contributed by atoms with Crippen LogP contribution in [0.5, 0.6) is 0 Å². The van der Waals surface area contributed by atoms with Crippen molar-refractivity contribution in [1.82, 2.24) is 0 Å². The molecule has 0 spiro atoms. The van der Waals surface area contributed by atoms with E-state index < -0.39 is 5.60 Å². The van der Waals surface area contributed by atoms with Gasteiger partial charge in [-0.1, -0.05) is 34.6 Å². The number of hydrogen-bond donors (Lipinski definition) is 0. The van der Waals surface area contributed by atoms with Gasteiger partial charge in [0.1, 0.15) is 11.4 Å². The van der Waals surface area contributed by atoms with Crippen LogP contribution in [-0.4, -0.2) is 29.9 Å². The lowest BCUT2D eigenvalue weighted by atomic mass is 9.40. The van der Waals surface area contributed by atoms with Crippen molar-refractivity contribution >= 4 is 17.7 Å². The van der Waals surface area contributed by atoms with Gasteiger partial charge >= 0.3 is 11.9 Å². The molecule has 0 aromatic carbocycles. The first-order chi connectivity index (χ1) is 15.5. The van der Waals surface area contributed by atoms with Gasteiger partial charge in [-0.25, -0.2) is 0 Å². The molecule has 0 saturated heterocycles. The van der Waals surface area contributed by atoms with Crippen molar-refractivity contribution in [3.63, 3.8) is 0 Å². The zero-order chi connectivity index (χ0) is 24.2. The van der Waals surface area contributed by atoms with E-state index in [0.29, 0.717) is 61.7 Å². The highest BCUT2D eigenvalue weighted by molar-refractivity contribution is 5.80. The maximum absolute atomic E-state index is 12.7. The molecule has 5 nitrogen and oxygen atoms in total. The van der Waals surface area contributed by atoms with Crippen molar-refractivity contribution in [1.29, 1.82) is 0 Å². The van der Waals surface area contributed by atoms with E-state index in [1.165, 1.54) is 0 Å². The van der Waals surface area contributed by atoms with Crippen LogP contribution in [0.3, 0.4) is 0 Å². The summed E-state index contributed by atoms with van der Waals surface area (Å²) in [7, 11) is 0. The first-order valence-corrected chi connectivity index (χ1v) is 13.4. The maximum atomic E-state index is 12.7. The average molecular weight is 461 g/mol. The highest BCUT2D eigenvalue weighted by Gasteiger charge is 2.68. The highest BCUT2D eigenvalue weighted by atomic mass is 16.6. The van der Waals surface area contributed by atoms with Gasteiger partial charge in [-0.2, -0.15) is 0 Å². The molecule has 4 saturated carbocycles. The molecular formula is C28H44O5. The Kier molecular flexibility index (Phi) is 6.50. The Morgan fingerprint density at radius 2 is 1.61 bits per heavy atom. The molecule has 0 radical (unpaired) electrons. The van der Waals surface area contributed by atoms with Crippen LogP contribution in [0, 0.1) is 46.3 Å². The van der Waals surface area contributed by atoms with Crippen molar-refractivity contribution in [2.45, 2.75) is 105 Å². The number of Topliss-reactive ketones (excluding diaryl/α,β-unsaturated/α-hetero) is 1. The number of carbonyl (C=O) groups excluding carboxylic acids is 3. The minimum atomic E-state index is -0.411. The molecule has 0 aromatic heterocycles. The second kappa shape index (κ2) is 8.68. The summed E-state index contributed by atoms with van der Waals surface area (Å²) in [6.45, 7) is 13.2. The largest absolute Gasteiger partial charge is 0.465 e. The van der Waals surface area contributed by atoms with Crippen LogP contribution < -0.4 is 0 Å². The second-order valence-corrected chi connectivity index (χ2v) is 12.2. The summed E-state index contributed by atoms with van der Waals surface area (Å²) < 4.78 is 12.1. The summed E-state index contributed by atoms with van der Waals surface area (Å²) >= 11 is 0. The summed E-state index contributed by atoms with van der Waals surface area (Å²) in [5.41, 5.74) is -0.562. The van der Waals surface area contributed by atoms with E-state index in [1.54, 1.807) is 0 Å². The van der Waals surface area contributed by atoms with Crippen LogP contribution >= 0.6 is 0 Å². The van der Waals surface area contributed by atoms with Crippen molar-refractivity contribution in [3.05, 3.63) is 0 Å². The fourth-order valence-corrected chi connectivity index (χ4v) is 9.04. The fraction of sp³-hybridized carbons (Fsp3) is 0.893. The zero-order valence-electron chi connectivity index (χ0n) is 21.6. The molecule has 5 heteroatoms. The second-order valence-electron chi connectivity index (χ2n) is 12.2. The van der Waals surface area contributed by atoms with E-state index in [9.17, 15) is 14.4 Å². The lowest BCUT2D eigenvalue weighted by Gasteiger charge is -2.64. The van der Waals surface area contributed by atoms with E-state index in [-0.39, 0.29) is 34.6 Å². The Balaban J connectivity index is 1.70. The first kappa shape index (κ1) is 24.7. The van der Waals surface area contributed by atoms with Crippen LogP contribution in [0.15, 0.2) is 0 Å². The van der Waals surface area contributed by atoms with Gasteiger partial charge in [0, 0.05) is 36.5 Å². The Bertz CT molecular complexity index is 806. The molecule has 4 rings (SSSR count). The molecule has 0 unspecified atom stereocenters. The van der Waals surface area contributed by atoms with E-state index in [1.807, 2.05) is 13.8 Å². The number of carbonyl (C=O) groups is 3. The highest BCUT2D eigenvalue weighted by Crippen LogP contribution is 2.70. The van der Waals surface area contributed by atoms with Gasteiger partial charge in [0.25, 0.3) is 0 Å². The summed E-state index contributed by atoms with van der Waals surface area (Å²) in [6, 6.07) is 0. The number of esters is 2. The molecule has 0 aliphatic heterocycles. The Morgan fingerprint density at radius 3 is 2.27 bits per heavy atom. The van der Waals surface area contributed by atoms with Crippen molar-refractivity contribution in [3.8, 4) is 0 Å². The molecule has 0 N–H and O–H groups in total. The maximum Gasteiger partial charge on any atom is 0.306 e. The summed E-state index contributed by atoms with van der Waals surface area (Å²) in [5.74, 6) is 2.54. The zero-order valence-corrected chi connectivity index (χ0v) is 21.6. The Labute approximate surface area is 199 Å². The first-order valence-electron chi connectivity index (χ1n) is 13.4. The summed E-state index contributed by atoms with van der Waals surface area (Å²) in [5, 5.41) is 0. The van der Waals surface area contributed by atoms with Crippen LogP contribution in [-0.2, 0) is 23.9 Å². The number of rotatable bonds is 5. The molecule has 33 heavy (non-hydrogen) atoms. The smallest absolute Gasteiger partial charge is 0.306 e. The third kappa shape index (κ3) is 3.67. The third-order valence-corrected chi connectivity index (χ3v) is 11.0. The molecule has 4 fully saturated rings. The Hall–Kier alpha value is -1.39. The van der Waals surface area contributed by atoms with Gasteiger partial charge in [0.05, 0.1) is 6.61 Å². The van der Waals surface area contributed by atoms with Gasteiger partial charge < -0.3 is 9.47 Å². The van der Waals surface area contributed by atoms with Gasteiger partial charge in [-0.05, 0) is 74.5 Å². The molecule has 186 valence electrons. The normalized spacial score (nSPS) is 46.7. The summed E-state index contributed by atoms with van der Waals surface area (Å²) in [4.78, 5) is 37.2. The number of ketones is 1. The molecule has 4 aliphatic carbocycles. The lowest BCUT2D eigenvalue weighted by molar-refractivity contribution is -0.208. The van der Waals surface area contributed by atoms with Gasteiger partial charge in [-0.15, -0.1) is 0 Å². The van der Waals surface area contributed by atoms with Gasteiger partial charge in [0.2, 0.25) is 0 Å². The topological polar surface area (TPSA) is 69.7 Å². The molecule has 0 heterocycles. The van der Waals surface area contributed by atoms with Crippen LogP contribution in [0.2, 0.25) is 0 Å². The quantitative estimate of drug-likeness (QED) is 0.490. The van der Waals surface area contributed by atoms with Gasteiger partial charge in [0.15, 0.2) is 0 Å². The number of fused-ring (bicyclic) bond motifs is 5. The Morgan fingerprint density at radius 1 is 0.939 bits per heavy atom. The van der Waals surface area contributed by atoms with E-state index in [4.69, 9.17) is 9.47 Å². The van der Waals surface area contributed by atoms with E-state index in [0.717, 1.165) is 32.1 Å². The van der Waals surface area contributed by atoms with E-state index >= 15 is 0 Å². The lowest BCUT2D eigenvalue weighted by Crippen LogP contribution is -2.62. The number of hydrogen-bond acceptors (Lipinski definition) is 5. The predicted octanol–water partition coefficient (Wildman–Crippen LogP) is 5.74. The number of ether oxygens (including phenoxy) is 2. The molecule has 4 aliphatic rings. The van der Waals surface area contributed by atoms with Crippen molar-refractivity contribution in [2.75, 3.05) is 6.61 Å². The molecule has 0 bridgehead atoms. The minimum Gasteiger partial charge on any atom is -0.465 e. The minimum absolute atomic E-state index is 0.0272. The van der Waals surface area contributed by atoms with Crippen molar-refractivity contribution in [2.24, 2.45) is 46.3 Å². The van der Waals surface area contributed by atoms with E-state index in [2.05, 4.69) is 27.7 Å². The van der Waals surface area contributed by atoms with Crippen molar-refractivity contribution < 1.29 is 23.9 Å². The standard InChI is InChI=1S/C28H44O5/c1-7-24(30)32-16-28-18(4)14-19(29)15-23(28)17(3)13-20-21-10-12-27(6,33-25(31)8-2)26(21,5)11-9-22(20)28/h17-18,20-23H,7-16H2,1-6H3/t17-,18-,20-,21-,22-,23+,26-,27+,28+/m0/s1. The molecule has 0 aromatic rings. The van der Waals surface area contributed by atoms with Crippen LogP contribution in [0.1, 0.15) is 99.3 Å². The van der Waals surface area contributed by atoms with Crippen LogP contribution in [0.4, 0.5) is 0 Å². The summed E-state index contributed by atoms with van der Waals surface area (Å²) in [6.07, 6.45) is 7.25. The van der Waals surface area contributed by atoms with Gasteiger partial charge in [-0.3, -0.25) is 14.4 Å². The fourth-order valence-electron chi connectivity index (χ4n) is 9.04. The molecular weight excluding hydrogens is 416 g/mol. The SMILES string of the molecule is CCC(=O)OC[C@@]12[C@H](CC(=O)C[C@@H]1C)[C@@H](C)C[C@@H]1[C@@H]2CC[C@@]2(C)[C@H]1CC[C@@]2(C)OC(=O)CC. The van der Waals surface area contributed by atoms with Crippen LogP contribution in [0.25, 0.3) is 0 Å². The predicted molar refractivity (Wildman–Crippen MR) is 126 cm³/mol. The third-order valence-electron chi connectivity index (χ3n) is 11.0. The average Bonchev–Trinajstić information content (AvgIpc) is 3.03.